The van der Waals surface area contributed by atoms with E-state index in [9.17, 15) is 28.7 Å². The molecule has 0 saturated carbocycles. The first-order valence-corrected chi connectivity index (χ1v) is 14.5. The first-order chi connectivity index (χ1) is 22.0. The molecule has 6 rings (SSSR count). The number of aromatic nitrogens is 3. The van der Waals surface area contributed by atoms with Crippen molar-refractivity contribution in [2.24, 2.45) is 5.73 Å². The highest BCUT2D eigenvalue weighted by Gasteiger charge is 2.29. The normalized spacial score (nSPS) is 15.5. The largest absolute Gasteiger partial charge is 0.478 e. The number of carboxylic acids is 1. The van der Waals surface area contributed by atoms with Crippen LogP contribution < -0.4 is 16.4 Å². The fourth-order valence-electron chi connectivity index (χ4n) is 5.96. The van der Waals surface area contributed by atoms with Crippen molar-refractivity contribution in [2.75, 3.05) is 13.7 Å². The van der Waals surface area contributed by atoms with Crippen LogP contribution in [-0.4, -0.2) is 62.0 Å². The van der Waals surface area contributed by atoms with Crippen molar-refractivity contribution < 1.29 is 33.4 Å². The number of cyclic esters (lactones) is 1. The Morgan fingerprint density at radius 2 is 1.98 bits per heavy atom. The van der Waals surface area contributed by atoms with Crippen molar-refractivity contribution >= 4 is 29.4 Å². The van der Waals surface area contributed by atoms with E-state index in [1.54, 1.807) is 38.2 Å². The predicted molar refractivity (Wildman–Crippen MR) is 161 cm³/mol. The molecular formula is C32H30FN7O6. The Balaban J connectivity index is 1.17. The van der Waals surface area contributed by atoms with Gasteiger partial charge in [-0.25, -0.2) is 23.5 Å². The first-order valence-electron chi connectivity index (χ1n) is 14.5. The smallest absolute Gasteiger partial charge is 0.356 e. The molecule has 0 fully saturated rings. The fraction of sp³-hybridized carbons (Fsp3) is 0.250. The van der Waals surface area contributed by atoms with Crippen LogP contribution in [0.1, 0.15) is 71.6 Å². The highest BCUT2D eigenvalue weighted by Crippen LogP contribution is 2.35. The third kappa shape index (κ3) is 5.60. The molecule has 0 spiro atoms. The molecule has 5 N–H and O–H groups in total. The third-order valence-corrected chi connectivity index (χ3v) is 8.26. The lowest BCUT2D eigenvalue weighted by Gasteiger charge is -2.20. The molecule has 0 saturated heterocycles. The number of benzene rings is 2. The Labute approximate surface area is 261 Å². The number of halogens is 1. The van der Waals surface area contributed by atoms with Gasteiger partial charge < -0.3 is 31.1 Å². The number of ether oxygens (including phenoxy) is 1. The molecule has 236 valence electrons. The molecule has 1 atom stereocenters. The van der Waals surface area contributed by atoms with E-state index in [1.165, 1.54) is 33.8 Å². The number of esters is 1. The van der Waals surface area contributed by atoms with Gasteiger partial charge in [0.1, 0.15) is 29.5 Å². The molecule has 3 heterocycles. The molecule has 46 heavy (non-hydrogen) atoms. The summed E-state index contributed by atoms with van der Waals surface area (Å²) in [7, 11) is 1.61. The summed E-state index contributed by atoms with van der Waals surface area (Å²) >= 11 is 0. The number of hydrogen-bond donors (Lipinski definition) is 4. The number of nitrogens with two attached hydrogens (primary N) is 1. The summed E-state index contributed by atoms with van der Waals surface area (Å²) in [4.78, 5) is 56.2. The maximum atomic E-state index is 14.7. The zero-order valence-electron chi connectivity index (χ0n) is 25.0. The summed E-state index contributed by atoms with van der Waals surface area (Å²) in [5.41, 5.74) is 10.2. The molecule has 2 aliphatic rings. The number of hydrogen-bond acceptors (Lipinski definition) is 9. The van der Waals surface area contributed by atoms with Gasteiger partial charge in [0.2, 0.25) is 0 Å². The number of nitrogens with zero attached hydrogens (tertiary/aromatic N) is 4. The van der Waals surface area contributed by atoms with Crippen LogP contribution in [0.15, 0.2) is 60.1 Å². The van der Waals surface area contributed by atoms with Gasteiger partial charge in [-0.1, -0.05) is 12.1 Å². The molecular weight excluding hydrogens is 597 g/mol. The Morgan fingerprint density at radius 3 is 2.72 bits per heavy atom. The predicted octanol–water partition coefficient (Wildman–Crippen LogP) is 2.38. The van der Waals surface area contributed by atoms with Gasteiger partial charge in [0.15, 0.2) is 5.65 Å². The van der Waals surface area contributed by atoms with E-state index in [-0.39, 0.29) is 65.3 Å². The molecule has 0 radical (unpaired) electrons. The second-order valence-electron chi connectivity index (χ2n) is 11.2. The minimum Gasteiger partial charge on any atom is -0.478 e. The lowest BCUT2D eigenvalue weighted by atomic mass is 9.98. The molecule has 2 aromatic heterocycles. The average Bonchev–Trinajstić information content (AvgIpc) is 3.75. The van der Waals surface area contributed by atoms with E-state index in [4.69, 9.17) is 10.5 Å². The number of amides is 2. The van der Waals surface area contributed by atoms with Crippen molar-refractivity contribution in [2.45, 2.75) is 38.9 Å². The highest BCUT2D eigenvalue weighted by atomic mass is 19.1. The third-order valence-electron chi connectivity index (χ3n) is 8.26. The maximum absolute atomic E-state index is 14.7. The summed E-state index contributed by atoms with van der Waals surface area (Å²) in [5.74, 6) is -3.09. The average molecular weight is 628 g/mol. The van der Waals surface area contributed by atoms with Crippen molar-refractivity contribution in [1.29, 1.82) is 0 Å². The SMILES string of the molecule is Cc1c(C(=O)O)ccc2c1CC[C@@H]2NC(=O)c1cc(C(=O)NCc2ccc(F)c(CN(C)C3=C(N)COC3=O)c2)nc2ccnn12. The zero-order chi connectivity index (χ0) is 32.7. The Morgan fingerprint density at radius 1 is 1.17 bits per heavy atom. The Hall–Kier alpha value is -5.79. The Bertz CT molecular complexity index is 1970. The molecule has 2 aromatic carbocycles. The van der Waals surface area contributed by atoms with Gasteiger partial charge in [0.25, 0.3) is 11.8 Å². The fourth-order valence-corrected chi connectivity index (χ4v) is 5.96. The van der Waals surface area contributed by atoms with E-state index >= 15 is 0 Å². The van der Waals surface area contributed by atoms with Crippen molar-refractivity contribution in [3.05, 3.63) is 111 Å². The standard InChI is InChI=1S/C32H30FN7O6/c1-16-19-6-8-24(21(19)5-4-20(16)31(43)44)38-30(42)26-12-25(37-27-9-10-36-40(26)27)29(41)35-13-17-3-7-22(33)18(11-17)14-39(2)28-23(34)15-46-32(28)45/h3-5,7,9-12,24H,6,8,13-15,34H2,1-2H3,(H,35,41)(H,38,42)(H,43,44)/t24-/m0/s1. The van der Waals surface area contributed by atoms with Crippen molar-refractivity contribution in [1.82, 2.24) is 30.1 Å². The zero-order valence-corrected chi connectivity index (χ0v) is 25.0. The van der Waals surface area contributed by atoms with Crippen molar-refractivity contribution in [3.8, 4) is 0 Å². The molecule has 0 bridgehead atoms. The maximum Gasteiger partial charge on any atom is 0.356 e. The second kappa shape index (κ2) is 12.0. The molecule has 13 nitrogen and oxygen atoms in total. The number of nitrogens with one attached hydrogen (secondary N) is 2. The number of fused-ring (bicyclic) bond motifs is 2. The van der Waals surface area contributed by atoms with E-state index in [1.807, 2.05) is 0 Å². The number of carbonyl (C=O) groups is 4. The van der Waals surface area contributed by atoms with Crippen LogP contribution in [0.25, 0.3) is 5.65 Å². The second-order valence-corrected chi connectivity index (χ2v) is 11.2. The lowest BCUT2D eigenvalue weighted by molar-refractivity contribution is -0.137. The molecule has 0 unspecified atom stereocenters. The summed E-state index contributed by atoms with van der Waals surface area (Å²) in [6.07, 6.45) is 2.68. The monoisotopic (exact) mass is 627 g/mol. The quantitative estimate of drug-likeness (QED) is 0.201. The van der Waals surface area contributed by atoms with Crippen LogP contribution in [0.5, 0.6) is 0 Å². The topological polar surface area (TPSA) is 181 Å². The van der Waals surface area contributed by atoms with E-state index in [0.717, 1.165) is 11.1 Å². The summed E-state index contributed by atoms with van der Waals surface area (Å²) in [5, 5.41) is 19.4. The lowest BCUT2D eigenvalue weighted by Crippen LogP contribution is -2.30. The van der Waals surface area contributed by atoms with E-state index < -0.39 is 29.6 Å². The number of carbonyl (C=O) groups excluding carboxylic acids is 3. The van der Waals surface area contributed by atoms with Gasteiger partial charge in [-0.3, -0.25) is 9.59 Å². The van der Waals surface area contributed by atoms with Crippen LogP contribution >= 0.6 is 0 Å². The number of aromatic carboxylic acids is 1. The number of likely N-dealkylation sites (N-methyl/N-ethyl adjacent to an activating group) is 1. The van der Waals surface area contributed by atoms with Gasteiger partial charge >= 0.3 is 11.9 Å². The van der Waals surface area contributed by atoms with Gasteiger partial charge in [0, 0.05) is 37.8 Å². The molecule has 14 heteroatoms. The number of rotatable bonds is 9. The number of carboxylic acid groups (broad SMARTS) is 1. The molecule has 1 aliphatic heterocycles. The van der Waals surface area contributed by atoms with Gasteiger partial charge in [0.05, 0.1) is 23.5 Å². The van der Waals surface area contributed by atoms with Gasteiger partial charge in [-0.05, 0) is 60.2 Å². The first kappa shape index (κ1) is 30.2. The van der Waals surface area contributed by atoms with E-state index in [2.05, 4.69) is 20.7 Å². The minimum atomic E-state index is -1.00. The Kier molecular flexibility index (Phi) is 7.86. The summed E-state index contributed by atoms with van der Waals surface area (Å²) in [6, 6.07) is 10.2. The summed E-state index contributed by atoms with van der Waals surface area (Å²) in [6.45, 7) is 1.83. The highest BCUT2D eigenvalue weighted by molar-refractivity contribution is 5.98. The molecule has 2 amide bonds. The van der Waals surface area contributed by atoms with Crippen molar-refractivity contribution in [3.63, 3.8) is 0 Å². The van der Waals surface area contributed by atoms with Crippen LogP contribution in [0.2, 0.25) is 0 Å². The van der Waals surface area contributed by atoms with Crippen LogP contribution in [0.4, 0.5) is 4.39 Å². The minimum absolute atomic E-state index is 0.0147. The summed E-state index contributed by atoms with van der Waals surface area (Å²) < 4.78 is 20.9. The van der Waals surface area contributed by atoms with Crippen LogP contribution in [0.3, 0.4) is 0 Å². The van der Waals surface area contributed by atoms with E-state index in [0.29, 0.717) is 24.0 Å². The van der Waals surface area contributed by atoms with Gasteiger partial charge in [-0.15, -0.1) is 0 Å². The van der Waals surface area contributed by atoms with Crippen LogP contribution in [-0.2, 0) is 29.0 Å². The van der Waals surface area contributed by atoms with Gasteiger partial charge in [-0.2, -0.15) is 5.10 Å². The van der Waals surface area contributed by atoms with Crippen LogP contribution in [0, 0.1) is 12.7 Å². The molecule has 4 aromatic rings. The molecule has 1 aliphatic carbocycles.